The van der Waals surface area contributed by atoms with Gasteiger partial charge in [0.25, 0.3) is 0 Å². The molecule has 5 heteroatoms. The van der Waals surface area contributed by atoms with Crippen molar-refractivity contribution in [2.45, 2.75) is 24.9 Å². The zero-order valence-electron chi connectivity index (χ0n) is 12.5. The molecule has 0 aliphatic carbocycles. The summed E-state index contributed by atoms with van der Waals surface area (Å²) in [6, 6.07) is 15.1. The fourth-order valence-electron chi connectivity index (χ4n) is 2.68. The maximum Gasteiger partial charge on any atom is 0.243 e. The lowest BCUT2D eigenvalue weighted by Crippen LogP contribution is -2.62. The highest BCUT2D eigenvalue weighted by molar-refractivity contribution is 5.97. The van der Waals surface area contributed by atoms with Crippen LogP contribution in [0, 0.1) is 0 Å². The molecule has 2 aromatic rings. The second kappa shape index (κ2) is 6.52. The third kappa shape index (κ3) is 3.69. The molecule has 3 rings (SSSR count). The van der Waals surface area contributed by atoms with Gasteiger partial charge in [0.05, 0.1) is 0 Å². The van der Waals surface area contributed by atoms with E-state index in [9.17, 15) is 14.7 Å². The molecule has 3 N–H and O–H groups in total. The summed E-state index contributed by atoms with van der Waals surface area (Å²) >= 11 is 0. The minimum Gasteiger partial charge on any atom is -0.508 e. The summed E-state index contributed by atoms with van der Waals surface area (Å²) in [5, 5.41) is 14.9. The predicted octanol–water partition coefficient (Wildman–Crippen LogP) is 1.16. The number of benzene rings is 2. The molecule has 2 amide bonds. The van der Waals surface area contributed by atoms with Crippen molar-refractivity contribution in [3.05, 3.63) is 65.7 Å². The van der Waals surface area contributed by atoms with Crippen LogP contribution in [0.4, 0.5) is 0 Å². The van der Waals surface area contributed by atoms with Gasteiger partial charge >= 0.3 is 0 Å². The standard InChI is InChI=1S/C18H18N2O3/c21-14-8-6-13(7-9-14)11-16-18(23)19-15(17(22)20-16)10-12-4-2-1-3-5-12/h1-9,15-16,21H,10-11H2,(H,19,23)(H,20,22)/t15-,16+/m1/s1. The lowest BCUT2D eigenvalue weighted by Gasteiger charge is -2.29. The summed E-state index contributed by atoms with van der Waals surface area (Å²) in [6.45, 7) is 0. The zero-order chi connectivity index (χ0) is 16.2. The molecule has 0 radical (unpaired) electrons. The van der Waals surface area contributed by atoms with Gasteiger partial charge < -0.3 is 15.7 Å². The lowest BCUT2D eigenvalue weighted by molar-refractivity contribution is -0.136. The molecule has 23 heavy (non-hydrogen) atoms. The summed E-state index contributed by atoms with van der Waals surface area (Å²) in [6.07, 6.45) is 0.875. The van der Waals surface area contributed by atoms with E-state index in [0.29, 0.717) is 12.8 Å². The van der Waals surface area contributed by atoms with Crippen LogP contribution < -0.4 is 10.6 Å². The highest BCUT2D eigenvalue weighted by Gasteiger charge is 2.33. The van der Waals surface area contributed by atoms with E-state index >= 15 is 0 Å². The molecule has 118 valence electrons. The van der Waals surface area contributed by atoms with E-state index in [2.05, 4.69) is 10.6 Å². The van der Waals surface area contributed by atoms with Gasteiger partial charge in [0, 0.05) is 12.8 Å². The predicted molar refractivity (Wildman–Crippen MR) is 85.8 cm³/mol. The van der Waals surface area contributed by atoms with E-state index in [1.807, 2.05) is 30.3 Å². The van der Waals surface area contributed by atoms with Gasteiger partial charge in [-0.3, -0.25) is 9.59 Å². The first-order chi connectivity index (χ1) is 11.1. The smallest absolute Gasteiger partial charge is 0.243 e. The van der Waals surface area contributed by atoms with Gasteiger partial charge in [-0.05, 0) is 23.3 Å². The molecule has 0 spiro atoms. The molecule has 1 saturated heterocycles. The Hall–Kier alpha value is -2.82. The molecule has 0 saturated carbocycles. The van der Waals surface area contributed by atoms with Crippen LogP contribution in [-0.2, 0) is 22.4 Å². The van der Waals surface area contributed by atoms with Gasteiger partial charge in [0.2, 0.25) is 11.8 Å². The number of amides is 2. The number of carbonyl (C=O) groups is 2. The highest BCUT2D eigenvalue weighted by atomic mass is 16.3. The average Bonchev–Trinajstić information content (AvgIpc) is 2.55. The molecule has 2 aromatic carbocycles. The van der Waals surface area contributed by atoms with Crippen molar-refractivity contribution in [3.63, 3.8) is 0 Å². The first-order valence-corrected chi connectivity index (χ1v) is 7.54. The van der Waals surface area contributed by atoms with E-state index in [0.717, 1.165) is 11.1 Å². The largest absolute Gasteiger partial charge is 0.508 e. The van der Waals surface area contributed by atoms with Gasteiger partial charge in [-0.15, -0.1) is 0 Å². The van der Waals surface area contributed by atoms with Crippen LogP contribution in [0.2, 0.25) is 0 Å². The second-order valence-electron chi connectivity index (χ2n) is 5.68. The van der Waals surface area contributed by atoms with Crippen molar-refractivity contribution < 1.29 is 14.7 Å². The minimum absolute atomic E-state index is 0.169. The topological polar surface area (TPSA) is 78.4 Å². The molecule has 0 bridgehead atoms. The third-order valence-electron chi connectivity index (χ3n) is 3.92. The first-order valence-electron chi connectivity index (χ1n) is 7.54. The van der Waals surface area contributed by atoms with Crippen molar-refractivity contribution >= 4 is 11.8 Å². The van der Waals surface area contributed by atoms with Gasteiger partial charge in [-0.2, -0.15) is 0 Å². The Morgan fingerprint density at radius 3 is 1.74 bits per heavy atom. The zero-order valence-corrected chi connectivity index (χ0v) is 12.5. The molecule has 1 fully saturated rings. The van der Waals surface area contributed by atoms with Crippen LogP contribution in [0.1, 0.15) is 11.1 Å². The van der Waals surface area contributed by atoms with Crippen LogP contribution in [-0.4, -0.2) is 29.0 Å². The number of piperazine rings is 1. The maximum atomic E-state index is 12.2. The van der Waals surface area contributed by atoms with Crippen LogP contribution >= 0.6 is 0 Å². The summed E-state index contributed by atoms with van der Waals surface area (Å²) in [7, 11) is 0. The van der Waals surface area contributed by atoms with E-state index in [1.54, 1.807) is 24.3 Å². The molecule has 1 aliphatic heterocycles. The molecular weight excluding hydrogens is 292 g/mol. The fraction of sp³-hybridized carbons (Fsp3) is 0.222. The third-order valence-corrected chi connectivity index (χ3v) is 3.92. The van der Waals surface area contributed by atoms with Crippen molar-refractivity contribution in [1.29, 1.82) is 0 Å². The van der Waals surface area contributed by atoms with Gasteiger partial charge in [-0.25, -0.2) is 0 Å². The number of hydrogen-bond donors (Lipinski definition) is 3. The Bertz CT molecular complexity index is 698. The summed E-state index contributed by atoms with van der Waals surface area (Å²) < 4.78 is 0. The van der Waals surface area contributed by atoms with Gasteiger partial charge in [0.1, 0.15) is 17.8 Å². The van der Waals surface area contributed by atoms with Crippen molar-refractivity contribution in [3.8, 4) is 5.75 Å². The van der Waals surface area contributed by atoms with E-state index < -0.39 is 12.1 Å². The monoisotopic (exact) mass is 310 g/mol. The molecule has 1 aliphatic rings. The van der Waals surface area contributed by atoms with Crippen LogP contribution in [0.5, 0.6) is 5.75 Å². The van der Waals surface area contributed by atoms with Crippen LogP contribution in [0.15, 0.2) is 54.6 Å². The Kier molecular flexibility index (Phi) is 4.28. The Labute approximate surface area is 134 Å². The van der Waals surface area contributed by atoms with Crippen LogP contribution in [0.25, 0.3) is 0 Å². The molecular formula is C18H18N2O3. The number of rotatable bonds is 4. The molecule has 2 atom stereocenters. The second-order valence-corrected chi connectivity index (χ2v) is 5.68. The maximum absolute atomic E-state index is 12.2. The fourth-order valence-corrected chi connectivity index (χ4v) is 2.68. The quantitative estimate of drug-likeness (QED) is 0.793. The number of carbonyl (C=O) groups excluding carboxylic acids is 2. The Balaban J connectivity index is 1.64. The van der Waals surface area contributed by atoms with Crippen molar-refractivity contribution in [2.24, 2.45) is 0 Å². The lowest BCUT2D eigenvalue weighted by atomic mass is 9.98. The Morgan fingerprint density at radius 1 is 0.739 bits per heavy atom. The molecule has 1 heterocycles. The molecule has 0 aromatic heterocycles. The van der Waals surface area contributed by atoms with E-state index in [1.165, 1.54) is 0 Å². The number of phenols is 1. The Morgan fingerprint density at radius 2 is 1.22 bits per heavy atom. The van der Waals surface area contributed by atoms with Crippen molar-refractivity contribution in [2.75, 3.05) is 0 Å². The highest BCUT2D eigenvalue weighted by Crippen LogP contribution is 2.13. The number of hydrogen-bond acceptors (Lipinski definition) is 3. The van der Waals surface area contributed by atoms with Gasteiger partial charge in [-0.1, -0.05) is 42.5 Å². The SMILES string of the molecule is O=C1N[C@H](Cc2ccccc2)C(=O)N[C@H]1Cc1ccc(O)cc1. The van der Waals surface area contributed by atoms with E-state index in [4.69, 9.17) is 0 Å². The molecule has 0 unspecified atom stereocenters. The molecule has 5 nitrogen and oxygen atoms in total. The summed E-state index contributed by atoms with van der Waals surface area (Å²) in [4.78, 5) is 24.5. The first kappa shape index (κ1) is 15.1. The average molecular weight is 310 g/mol. The summed E-state index contributed by atoms with van der Waals surface area (Å²) in [5.41, 5.74) is 1.88. The minimum atomic E-state index is -0.584. The van der Waals surface area contributed by atoms with Gasteiger partial charge in [0.15, 0.2) is 0 Å². The van der Waals surface area contributed by atoms with Crippen LogP contribution in [0.3, 0.4) is 0 Å². The number of phenolic OH excluding ortho intramolecular Hbond substituents is 1. The summed E-state index contributed by atoms with van der Waals surface area (Å²) in [5.74, 6) is -0.176. The van der Waals surface area contributed by atoms with E-state index in [-0.39, 0.29) is 17.6 Å². The van der Waals surface area contributed by atoms with Crippen molar-refractivity contribution in [1.82, 2.24) is 10.6 Å². The normalized spacial score (nSPS) is 20.7. The number of aromatic hydroxyl groups is 1. The number of nitrogens with one attached hydrogen (secondary N) is 2.